The molecule has 0 saturated carbocycles. The topological polar surface area (TPSA) is 58.6 Å². The Balaban J connectivity index is 0.00000225. The number of hydrogen-bond acceptors (Lipinski definition) is 6. The SMILES string of the molecule is CCOC(=O)c1c(NC(=O)Cc2cccs2)sc2c1CCN(C)C2.Cl. The average Bonchev–Trinajstić information content (AvgIpc) is 3.14. The zero-order chi connectivity index (χ0) is 17.1. The number of rotatable bonds is 5. The summed E-state index contributed by atoms with van der Waals surface area (Å²) in [6, 6.07) is 3.86. The second-order valence-corrected chi connectivity index (χ2v) is 7.86. The molecule has 136 valence electrons. The molecule has 5 nitrogen and oxygen atoms in total. The van der Waals surface area contributed by atoms with E-state index in [1.54, 1.807) is 18.3 Å². The lowest BCUT2D eigenvalue weighted by molar-refractivity contribution is -0.115. The molecule has 0 fully saturated rings. The van der Waals surface area contributed by atoms with Gasteiger partial charge in [-0.1, -0.05) is 6.07 Å². The predicted molar refractivity (Wildman–Crippen MR) is 104 cm³/mol. The van der Waals surface area contributed by atoms with Crippen LogP contribution in [0.2, 0.25) is 0 Å². The third-order valence-electron chi connectivity index (χ3n) is 3.90. The van der Waals surface area contributed by atoms with Crippen LogP contribution in [0.25, 0.3) is 0 Å². The molecule has 0 unspecified atom stereocenters. The van der Waals surface area contributed by atoms with Crippen molar-refractivity contribution in [3.63, 3.8) is 0 Å². The van der Waals surface area contributed by atoms with Crippen molar-refractivity contribution in [2.24, 2.45) is 0 Å². The number of likely N-dealkylation sites (N-methyl/N-ethyl adjacent to an activating group) is 1. The summed E-state index contributed by atoms with van der Waals surface area (Å²) in [6.07, 6.45) is 1.12. The lowest BCUT2D eigenvalue weighted by Crippen LogP contribution is -2.26. The van der Waals surface area contributed by atoms with E-state index < -0.39 is 0 Å². The molecule has 25 heavy (non-hydrogen) atoms. The van der Waals surface area contributed by atoms with Crippen molar-refractivity contribution in [2.45, 2.75) is 26.3 Å². The minimum Gasteiger partial charge on any atom is -0.462 e. The zero-order valence-corrected chi connectivity index (χ0v) is 16.6. The van der Waals surface area contributed by atoms with E-state index in [0.717, 1.165) is 34.8 Å². The average molecular weight is 401 g/mol. The number of carbonyl (C=O) groups is 2. The zero-order valence-electron chi connectivity index (χ0n) is 14.2. The van der Waals surface area contributed by atoms with Gasteiger partial charge in [0.25, 0.3) is 0 Å². The minimum atomic E-state index is -0.342. The molecule has 1 aliphatic heterocycles. The fourth-order valence-electron chi connectivity index (χ4n) is 2.78. The molecule has 0 atom stereocenters. The standard InChI is InChI=1S/C17H20N2O3S2.ClH/c1-3-22-17(21)15-12-6-7-19(2)10-13(12)24-16(15)18-14(20)9-11-5-4-8-23-11;/h4-5,8H,3,6-7,9-10H2,1-2H3,(H,18,20);1H. The van der Waals surface area contributed by atoms with E-state index >= 15 is 0 Å². The third kappa shape index (κ3) is 4.61. The summed E-state index contributed by atoms with van der Waals surface area (Å²) in [7, 11) is 2.06. The first-order chi connectivity index (χ1) is 11.6. The molecular weight excluding hydrogens is 380 g/mol. The largest absolute Gasteiger partial charge is 0.462 e. The molecule has 0 aliphatic carbocycles. The van der Waals surface area contributed by atoms with Gasteiger partial charge in [-0.25, -0.2) is 4.79 Å². The summed E-state index contributed by atoms with van der Waals surface area (Å²) in [5, 5.41) is 5.50. The highest BCUT2D eigenvalue weighted by atomic mass is 35.5. The van der Waals surface area contributed by atoms with Crippen molar-refractivity contribution >= 4 is 52.0 Å². The molecule has 2 aromatic heterocycles. The van der Waals surface area contributed by atoms with E-state index in [1.165, 1.54) is 11.3 Å². The lowest BCUT2D eigenvalue weighted by atomic mass is 10.0. The van der Waals surface area contributed by atoms with Crippen molar-refractivity contribution in [1.82, 2.24) is 4.90 Å². The number of fused-ring (bicyclic) bond motifs is 1. The number of ether oxygens (including phenoxy) is 1. The Kier molecular flexibility index (Phi) is 7.01. The fourth-order valence-corrected chi connectivity index (χ4v) is 4.82. The second-order valence-electron chi connectivity index (χ2n) is 5.72. The molecule has 3 rings (SSSR count). The van der Waals surface area contributed by atoms with Gasteiger partial charge < -0.3 is 15.0 Å². The van der Waals surface area contributed by atoms with Gasteiger partial charge in [-0.2, -0.15) is 0 Å². The molecular formula is C17H21ClN2O3S2. The Morgan fingerprint density at radius 2 is 2.20 bits per heavy atom. The summed E-state index contributed by atoms with van der Waals surface area (Å²) >= 11 is 3.04. The molecule has 0 spiro atoms. The number of esters is 1. The van der Waals surface area contributed by atoms with Crippen LogP contribution >= 0.6 is 35.1 Å². The van der Waals surface area contributed by atoms with Gasteiger partial charge in [-0.3, -0.25) is 4.79 Å². The smallest absolute Gasteiger partial charge is 0.341 e. The molecule has 0 aromatic carbocycles. The lowest BCUT2D eigenvalue weighted by Gasteiger charge is -2.22. The van der Waals surface area contributed by atoms with E-state index in [2.05, 4.69) is 17.3 Å². The Morgan fingerprint density at radius 3 is 2.88 bits per heavy atom. The molecule has 3 heterocycles. The molecule has 1 amide bonds. The number of halogens is 1. The van der Waals surface area contributed by atoms with E-state index in [0.29, 0.717) is 23.6 Å². The van der Waals surface area contributed by atoms with Crippen molar-refractivity contribution in [2.75, 3.05) is 25.5 Å². The van der Waals surface area contributed by atoms with Gasteiger partial charge >= 0.3 is 5.97 Å². The van der Waals surface area contributed by atoms with Gasteiger partial charge in [0.05, 0.1) is 18.6 Å². The van der Waals surface area contributed by atoms with E-state index in [4.69, 9.17) is 4.74 Å². The molecule has 2 aromatic rings. The number of nitrogens with one attached hydrogen (secondary N) is 1. The van der Waals surface area contributed by atoms with Crippen LogP contribution < -0.4 is 5.32 Å². The molecule has 1 N–H and O–H groups in total. The maximum Gasteiger partial charge on any atom is 0.341 e. The highest BCUT2D eigenvalue weighted by Crippen LogP contribution is 2.37. The van der Waals surface area contributed by atoms with Crippen molar-refractivity contribution in [3.05, 3.63) is 38.4 Å². The van der Waals surface area contributed by atoms with Crippen LogP contribution in [0.5, 0.6) is 0 Å². The summed E-state index contributed by atoms with van der Waals surface area (Å²) in [5.41, 5.74) is 1.58. The minimum absolute atomic E-state index is 0. The fraction of sp³-hybridized carbons (Fsp3) is 0.412. The molecule has 0 saturated heterocycles. The summed E-state index contributed by atoms with van der Waals surface area (Å²) in [5.74, 6) is -0.444. The van der Waals surface area contributed by atoms with Gasteiger partial charge in [-0.15, -0.1) is 35.1 Å². The maximum atomic E-state index is 12.4. The maximum absolute atomic E-state index is 12.4. The third-order valence-corrected chi connectivity index (χ3v) is 5.90. The van der Waals surface area contributed by atoms with Crippen LogP contribution in [0.3, 0.4) is 0 Å². The van der Waals surface area contributed by atoms with Crippen LogP contribution in [0.1, 0.15) is 32.6 Å². The monoisotopic (exact) mass is 400 g/mol. The first-order valence-electron chi connectivity index (χ1n) is 7.91. The van der Waals surface area contributed by atoms with Gasteiger partial charge in [0.15, 0.2) is 0 Å². The van der Waals surface area contributed by atoms with Crippen LogP contribution in [-0.2, 0) is 28.9 Å². The van der Waals surface area contributed by atoms with Gasteiger partial charge in [0.1, 0.15) is 5.00 Å². The number of thiophene rings is 2. The first-order valence-corrected chi connectivity index (χ1v) is 9.60. The van der Waals surface area contributed by atoms with E-state index in [-0.39, 0.29) is 24.3 Å². The van der Waals surface area contributed by atoms with Crippen molar-refractivity contribution in [3.8, 4) is 0 Å². The quantitative estimate of drug-likeness (QED) is 0.779. The Hall–Kier alpha value is -1.41. The Morgan fingerprint density at radius 1 is 1.40 bits per heavy atom. The van der Waals surface area contributed by atoms with Crippen LogP contribution in [0.4, 0.5) is 5.00 Å². The molecule has 1 aliphatic rings. The summed E-state index contributed by atoms with van der Waals surface area (Å²) in [4.78, 5) is 29.1. The highest BCUT2D eigenvalue weighted by Gasteiger charge is 2.28. The Labute approximate surface area is 161 Å². The second kappa shape index (κ2) is 8.80. The number of anilines is 1. The molecule has 0 radical (unpaired) electrons. The van der Waals surface area contributed by atoms with Gasteiger partial charge in [0, 0.05) is 22.8 Å². The first kappa shape index (κ1) is 19.9. The van der Waals surface area contributed by atoms with Crippen LogP contribution in [0.15, 0.2) is 17.5 Å². The van der Waals surface area contributed by atoms with Crippen molar-refractivity contribution in [1.29, 1.82) is 0 Å². The van der Waals surface area contributed by atoms with E-state index in [1.807, 2.05) is 17.5 Å². The molecule has 0 bridgehead atoms. The normalized spacial score (nSPS) is 13.7. The van der Waals surface area contributed by atoms with Gasteiger partial charge in [0.2, 0.25) is 5.91 Å². The molecule has 8 heteroatoms. The van der Waals surface area contributed by atoms with Crippen LogP contribution in [-0.4, -0.2) is 37.0 Å². The predicted octanol–water partition coefficient (Wildman–Crippen LogP) is 3.58. The summed E-state index contributed by atoms with van der Waals surface area (Å²) in [6.45, 7) is 3.82. The number of carbonyl (C=O) groups excluding carboxylic acids is 2. The summed E-state index contributed by atoms with van der Waals surface area (Å²) < 4.78 is 5.21. The number of amides is 1. The highest BCUT2D eigenvalue weighted by molar-refractivity contribution is 7.17. The van der Waals surface area contributed by atoms with Gasteiger partial charge in [-0.05, 0) is 37.4 Å². The number of nitrogens with zero attached hydrogens (tertiary/aromatic N) is 1. The van der Waals surface area contributed by atoms with Crippen LogP contribution in [0, 0.1) is 0 Å². The Bertz CT molecular complexity index is 743. The van der Waals surface area contributed by atoms with E-state index in [9.17, 15) is 9.59 Å². The van der Waals surface area contributed by atoms with Crippen molar-refractivity contribution < 1.29 is 14.3 Å². The number of hydrogen-bond donors (Lipinski definition) is 1.